The fourth-order valence-electron chi connectivity index (χ4n) is 1.47. The molecule has 0 aromatic carbocycles. The summed E-state index contributed by atoms with van der Waals surface area (Å²) in [5.41, 5.74) is 1.18. The van der Waals surface area contributed by atoms with Gasteiger partial charge in [0.15, 0.2) is 0 Å². The van der Waals surface area contributed by atoms with Crippen LogP contribution in [0, 0.1) is 0 Å². The SMILES string of the molecule is CN(CCCC(=O)O)C(=O)CCc1ccsc1. The van der Waals surface area contributed by atoms with Gasteiger partial charge in [-0.25, -0.2) is 0 Å². The number of hydrogen-bond acceptors (Lipinski definition) is 3. The van der Waals surface area contributed by atoms with Crippen molar-refractivity contribution in [3.63, 3.8) is 0 Å². The van der Waals surface area contributed by atoms with Crippen molar-refractivity contribution < 1.29 is 14.7 Å². The molecule has 4 nitrogen and oxygen atoms in total. The zero-order valence-electron chi connectivity index (χ0n) is 9.89. The molecule has 0 bridgehead atoms. The Morgan fingerprint density at radius 2 is 2.18 bits per heavy atom. The molecule has 1 N–H and O–H groups in total. The number of aliphatic carboxylic acids is 1. The van der Waals surface area contributed by atoms with Crippen molar-refractivity contribution in [3.05, 3.63) is 22.4 Å². The van der Waals surface area contributed by atoms with E-state index in [0.717, 1.165) is 6.42 Å². The third kappa shape index (κ3) is 5.49. The number of rotatable bonds is 7. The van der Waals surface area contributed by atoms with Crippen molar-refractivity contribution in [1.82, 2.24) is 4.90 Å². The van der Waals surface area contributed by atoms with Crippen molar-refractivity contribution in [2.24, 2.45) is 0 Å². The molecule has 1 heterocycles. The van der Waals surface area contributed by atoms with Crippen molar-refractivity contribution in [2.75, 3.05) is 13.6 Å². The zero-order valence-corrected chi connectivity index (χ0v) is 10.7. The maximum absolute atomic E-state index is 11.7. The second-order valence-corrected chi connectivity index (χ2v) is 4.72. The minimum atomic E-state index is -0.816. The molecule has 1 aromatic rings. The Morgan fingerprint density at radius 1 is 1.41 bits per heavy atom. The number of thiophene rings is 1. The van der Waals surface area contributed by atoms with E-state index >= 15 is 0 Å². The van der Waals surface area contributed by atoms with Gasteiger partial charge in [0.2, 0.25) is 5.91 Å². The normalized spacial score (nSPS) is 10.2. The predicted molar refractivity (Wildman–Crippen MR) is 67.1 cm³/mol. The van der Waals surface area contributed by atoms with E-state index in [1.165, 1.54) is 5.56 Å². The molecule has 0 atom stereocenters. The van der Waals surface area contributed by atoms with Crippen LogP contribution in [-0.4, -0.2) is 35.5 Å². The molecular formula is C12H17NO3S. The van der Waals surface area contributed by atoms with Gasteiger partial charge in [0.1, 0.15) is 0 Å². The molecule has 0 saturated carbocycles. The maximum Gasteiger partial charge on any atom is 0.303 e. The highest BCUT2D eigenvalue weighted by Crippen LogP contribution is 2.09. The van der Waals surface area contributed by atoms with Gasteiger partial charge < -0.3 is 10.0 Å². The second-order valence-electron chi connectivity index (χ2n) is 3.94. The zero-order chi connectivity index (χ0) is 12.7. The highest BCUT2D eigenvalue weighted by atomic mass is 32.1. The first kappa shape index (κ1) is 13.7. The smallest absolute Gasteiger partial charge is 0.303 e. The van der Waals surface area contributed by atoms with Gasteiger partial charge in [0, 0.05) is 26.4 Å². The molecule has 0 unspecified atom stereocenters. The van der Waals surface area contributed by atoms with Gasteiger partial charge in [-0.2, -0.15) is 11.3 Å². The van der Waals surface area contributed by atoms with Gasteiger partial charge in [-0.1, -0.05) is 0 Å². The lowest BCUT2D eigenvalue weighted by atomic mass is 10.2. The molecule has 0 aliphatic carbocycles. The van der Waals surface area contributed by atoms with Gasteiger partial charge in [-0.3, -0.25) is 9.59 Å². The van der Waals surface area contributed by atoms with E-state index in [1.54, 1.807) is 23.3 Å². The molecule has 0 saturated heterocycles. The minimum absolute atomic E-state index is 0.0709. The Morgan fingerprint density at radius 3 is 2.76 bits per heavy atom. The average Bonchev–Trinajstić information content (AvgIpc) is 2.78. The van der Waals surface area contributed by atoms with Crippen LogP contribution in [0.25, 0.3) is 0 Å². The average molecular weight is 255 g/mol. The van der Waals surface area contributed by atoms with E-state index in [2.05, 4.69) is 0 Å². The lowest BCUT2D eigenvalue weighted by molar-refractivity contribution is -0.138. The molecule has 94 valence electrons. The molecule has 1 rings (SSSR count). The highest BCUT2D eigenvalue weighted by molar-refractivity contribution is 7.07. The van der Waals surface area contributed by atoms with Crippen LogP contribution in [-0.2, 0) is 16.0 Å². The monoisotopic (exact) mass is 255 g/mol. The molecular weight excluding hydrogens is 238 g/mol. The lowest BCUT2D eigenvalue weighted by Gasteiger charge is -2.16. The Kier molecular flexibility index (Phi) is 5.69. The maximum atomic E-state index is 11.7. The molecule has 0 spiro atoms. The first-order valence-corrected chi connectivity index (χ1v) is 6.50. The van der Waals surface area contributed by atoms with Crippen LogP contribution in [0.3, 0.4) is 0 Å². The molecule has 1 amide bonds. The van der Waals surface area contributed by atoms with Crippen LogP contribution in [0.15, 0.2) is 16.8 Å². The summed E-state index contributed by atoms with van der Waals surface area (Å²) in [4.78, 5) is 23.6. The van der Waals surface area contributed by atoms with Gasteiger partial charge in [0.25, 0.3) is 0 Å². The van der Waals surface area contributed by atoms with E-state index in [-0.39, 0.29) is 12.3 Å². The topological polar surface area (TPSA) is 57.6 Å². The quantitative estimate of drug-likeness (QED) is 0.810. The number of amides is 1. The van der Waals surface area contributed by atoms with Gasteiger partial charge in [-0.05, 0) is 35.2 Å². The molecule has 0 aliphatic heterocycles. The predicted octanol–water partition coefficient (Wildman–Crippen LogP) is 2.00. The van der Waals surface area contributed by atoms with Crippen molar-refractivity contribution >= 4 is 23.2 Å². The minimum Gasteiger partial charge on any atom is -0.481 e. The molecule has 0 fully saturated rings. The number of aryl methyl sites for hydroxylation is 1. The Labute approximate surface area is 105 Å². The Bertz CT molecular complexity index is 362. The van der Waals surface area contributed by atoms with Crippen molar-refractivity contribution in [2.45, 2.75) is 25.7 Å². The molecule has 0 radical (unpaired) electrons. The summed E-state index contributed by atoms with van der Waals surface area (Å²) in [7, 11) is 1.72. The van der Waals surface area contributed by atoms with Crippen LogP contribution in [0.4, 0.5) is 0 Å². The van der Waals surface area contributed by atoms with Gasteiger partial charge in [0.05, 0.1) is 0 Å². The van der Waals surface area contributed by atoms with E-state index in [4.69, 9.17) is 5.11 Å². The van der Waals surface area contributed by atoms with Crippen LogP contribution in [0.1, 0.15) is 24.8 Å². The number of carboxylic acid groups (broad SMARTS) is 1. The number of carbonyl (C=O) groups is 2. The fraction of sp³-hybridized carbons (Fsp3) is 0.500. The summed E-state index contributed by atoms with van der Waals surface area (Å²) in [6.07, 6.45) is 1.87. The Balaban J connectivity index is 2.20. The third-order valence-electron chi connectivity index (χ3n) is 2.52. The third-order valence-corrected chi connectivity index (χ3v) is 3.25. The van der Waals surface area contributed by atoms with Gasteiger partial charge >= 0.3 is 5.97 Å². The first-order chi connectivity index (χ1) is 8.09. The second kappa shape index (κ2) is 7.06. The standard InChI is InChI=1S/C12H17NO3S/c1-13(7-2-3-12(15)16)11(14)5-4-10-6-8-17-9-10/h6,8-9H,2-5,7H2,1H3,(H,15,16). The molecule has 0 aliphatic rings. The van der Waals surface area contributed by atoms with Crippen LogP contribution < -0.4 is 0 Å². The van der Waals surface area contributed by atoms with E-state index < -0.39 is 5.97 Å². The van der Waals surface area contributed by atoms with Crippen LogP contribution in [0.5, 0.6) is 0 Å². The largest absolute Gasteiger partial charge is 0.481 e. The summed E-state index contributed by atoms with van der Waals surface area (Å²) in [6, 6.07) is 2.02. The van der Waals surface area contributed by atoms with Crippen LogP contribution >= 0.6 is 11.3 Å². The number of carbonyl (C=O) groups excluding carboxylic acids is 1. The first-order valence-electron chi connectivity index (χ1n) is 5.56. The summed E-state index contributed by atoms with van der Waals surface area (Å²) < 4.78 is 0. The van der Waals surface area contributed by atoms with Crippen LogP contribution in [0.2, 0.25) is 0 Å². The lowest BCUT2D eigenvalue weighted by Crippen LogP contribution is -2.28. The summed E-state index contributed by atoms with van der Waals surface area (Å²) in [6.45, 7) is 0.509. The summed E-state index contributed by atoms with van der Waals surface area (Å²) >= 11 is 1.63. The number of carboxylic acids is 1. The van der Waals surface area contributed by atoms with Crippen molar-refractivity contribution in [3.8, 4) is 0 Å². The van der Waals surface area contributed by atoms with Gasteiger partial charge in [-0.15, -0.1) is 0 Å². The number of nitrogens with zero attached hydrogens (tertiary/aromatic N) is 1. The highest BCUT2D eigenvalue weighted by Gasteiger charge is 2.09. The Hall–Kier alpha value is -1.36. The van der Waals surface area contributed by atoms with E-state index in [1.807, 2.05) is 16.8 Å². The van der Waals surface area contributed by atoms with Crippen molar-refractivity contribution in [1.29, 1.82) is 0 Å². The fourth-order valence-corrected chi connectivity index (χ4v) is 2.17. The summed E-state index contributed by atoms with van der Waals surface area (Å²) in [5, 5.41) is 12.5. The number of hydrogen-bond donors (Lipinski definition) is 1. The molecule has 17 heavy (non-hydrogen) atoms. The molecule has 1 aromatic heterocycles. The van der Waals surface area contributed by atoms with E-state index in [9.17, 15) is 9.59 Å². The van der Waals surface area contributed by atoms with E-state index in [0.29, 0.717) is 19.4 Å². The molecule has 5 heteroatoms. The summed E-state index contributed by atoms with van der Waals surface area (Å²) in [5.74, 6) is -0.745.